The predicted octanol–water partition coefficient (Wildman–Crippen LogP) is 6.18. The zero-order valence-electron chi connectivity index (χ0n) is 18.5. The van der Waals surface area contributed by atoms with E-state index in [0.717, 1.165) is 38.4 Å². The Hall–Kier alpha value is -4.17. The summed E-state index contributed by atoms with van der Waals surface area (Å²) < 4.78 is 26.5. The molecule has 5 aromatic rings. The van der Waals surface area contributed by atoms with Crippen molar-refractivity contribution < 1.29 is 13.6 Å². The molecule has 0 bridgehead atoms. The van der Waals surface area contributed by atoms with E-state index < -0.39 is 11.6 Å². The molecular formula is C27H20F2N4OS. The third-order valence-electron chi connectivity index (χ3n) is 5.47. The Labute approximate surface area is 204 Å². The fraction of sp³-hybridized carbons (Fsp3) is 0.0741. The van der Waals surface area contributed by atoms with Gasteiger partial charge in [0.05, 0.1) is 17.6 Å². The van der Waals surface area contributed by atoms with Crippen LogP contribution in [0.15, 0.2) is 85.2 Å². The average molecular weight is 487 g/mol. The molecule has 35 heavy (non-hydrogen) atoms. The van der Waals surface area contributed by atoms with Gasteiger partial charge in [-0.3, -0.25) is 9.78 Å². The van der Waals surface area contributed by atoms with Gasteiger partial charge in [-0.25, -0.2) is 13.8 Å². The molecular weight excluding hydrogens is 466 g/mol. The number of amides is 1. The van der Waals surface area contributed by atoms with Crippen LogP contribution in [-0.2, 0) is 13.1 Å². The van der Waals surface area contributed by atoms with Crippen LogP contribution < -0.4 is 10.6 Å². The summed E-state index contributed by atoms with van der Waals surface area (Å²) in [6.07, 6.45) is 3.39. The van der Waals surface area contributed by atoms with Gasteiger partial charge in [-0.2, -0.15) is 0 Å². The highest BCUT2D eigenvalue weighted by atomic mass is 32.1. The summed E-state index contributed by atoms with van der Waals surface area (Å²) in [4.78, 5) is 23.6. The highest BCUT2D eigenvalue weighted by Crippen LogP contribution is 2.30. The van der Waals surface area contributed by atoms with Crippen molar-refractivity contribution in [3.8, 4) is 10.4 Å². The first kappa shape index (κ1) is 22.6. The summed E-state index contributed by atoms with van der Waals surface area (Å²) in [5, 5.41) is 7.06. The summed E-state index contributed by atoms with van der Waals surface area (Å²) >= 11 is 1.66. The molecule has 5 rings (SSSR count). The highest BCUT2D eigenvalue weighted by Gasteiger charge is 2.13. The standard InChI is InChI=1S/C27H20F2N4OS/c28-22-8-5-17(13-23(22)29)15-33-27(34)21-4-2-12-31-26(21)32-16-20-7-10-25(35-20)19-6-9-24-18(14-19)3-1-11-30-24/h1-14H,15-16H2,(H,31,32)(H,33,34). The number of anilines is 1. The summed E-state index contributed by atoms with van der Waals surface area (Å²) in [6, 6.07) is 21.2. The molecule has 0 saturated carbocycles. The minimum absolute atomic E-state index is 0.0694. The molecule has 0 radical (unpaired) electrons. The van der Waals surface area contributed by atoms with Crippen LogP contribution in [0.4, 0.5) is 14.6 Å². The highest BCUT2D eigenvalue weighted by molar-refractivity contribution is 7.15. The maximum atomic E-state index is 13.4. The van der Waals surface area contributed by atoms with Crippen molar-refractivity contribution in [2.24, 2.45) is 0 Å². The fourth-order valence-corrected chi connectivity index (χ4v) is 4.63. The lowest BCUT2D eigenvalue weighted by atomic mass is 10.1. The molecule has 174 valence electrons. The van der Waals surface area contributed by atoms with Crippen LogP contribution in [0, 0.1) is 11.6 Å². The van der Waals surface area contributed by atoms with Gasteiger partial charge in [0.15, 0.2) is 11.6 Å². The Bertz CT molecular complexity index is 1520. The molecule has 5 nitrogen and oxygen atoms in total. The normalized spacial score (nSPS) is 10.9. The summed E-state index contributed by atoms with van der Waals surface area (Å²) in [7, 11) is 0. The molecule has 0 atom stereocenters. The van der Waals surface area contributed by atoms with Gasteiger partial charge >= 0.3 is 0 Å². The number of halogens is 2. The number of hydrogen-bond donors (Lipinski definition) is 2. The number of carbonyl (C=O) groups is 1. The first-order valence-corrected chi connectivity index (χ1v) is 11.7. The second kappa shape index (κ2) is 9.99. The Morgan fingerprint density at radius 1 is 0.857 bits per heavy atom. The average Bonchev–Trinajstić information content (AvgIpc) is 3.37. The SMILES string of the molecule is O=C(NCc1ccc(F)c(F)c1)c1cccnc1NCc1ccc(-c2ccc3ncccc3c2)s1. The number of hydrogen-bond acceptors (Lipinski definition) is 5. The lowest BCUT2D eigenvalue weighted by Gasteiger charge is -2.11. The first-order chi connectivity index (χ1) is 17.1. The van der Waals surface area contributed by atoms with Crippen LogP contribution in [0.25, 0.3) is 21.3 Å². The first-order valence-electron chi connectivity index (χ1n) is 10.9. The molecule has 0 spiro atoms. The molecule has 0 aliphatic carbocycles. The number of pyridine rings is 2. The summed E-state index contributed by atoms with van der Waals surface area (Å²) in [5.74, 6) is -1.78. The Morgan fingerprint density at radius 3 is 2.60 bits per heavy atom. The molecule has 0 saturated heterocycles. The lowest BCUT2D eigenvalue weighted by Crippen LogP contribution is -2.24. The van der Waals surface area contributed by atoms with Gasteiger partial charge in [-0.05, 0) is 65.7 Å². The monoisotopic (exact) mass is 486 g/mol. The van der Waals surface area contributed by atoms with Crippen molar-refractivity contribution in [2.45, 2.75) is 13.1 Å². The Morgan fingerprint density at radius 2 is 1.71 bits per heavy atom. The van der Waals surface area contributed by atoms with Gasteiger partial charge in [0, 0.05) is 34.1 Å². The largest absolute Gasteiger partial charge is 0.365 e. The lowest BCUT2D eigenvalue weighted by molar-refractivity contribution is 0.0951. The minimum Gasteiger partial charge on any atom is -0.365 e. The topological polar surface area (TPSA) is 66.9 Å². The maximum Gasteiger partial charge on any atom is 0.255 e. The second-order valence-corrected chi connectivity index (χ2v) is 9.03. The van der Waals surface area contributed by atoms with Gasteiger partial charge in [-0.1, -0.05) is 18.2 Å². The minimum atomic E-state index is -0.948. The van der Waals surface area contributed by atoms with Crippen molar-refractivity contribution in [1.82, 2.24) is 15.3 Å². The molecule has 3 aromatic heterocycles. The Kier molecular flexibility index (Phi) is 6.45. The van der Waals surface area contributed by atoms with Gasteiger partial charge < -0.3 is 10.6 Å². The number of nitrogens with one attached hydrogen (secondary N) is 2. The molecule has 0 fully saturated rings. The van der Waals surface area contributed by atoms with Gasteiger partial charge in [0.1, 0.15) is 5.82 Å². The third kappa shape index (κ3) is 5.17. The van der Waals surface area contributed by atoms with E-state index in [9.17, 15) is 13.6 Å². The molecule has 2 aromatic carbocycles. The Balaban J connectivity index is 1.25. The van der Waals surface area contributed by atoms with E-state index in [2.05, 4.69) is 38.8 Å². The third-order valence-corrected chi connectivity index (χ3v) is 6.60. The van der Waals surface area contributed by atoms with Crippen LogP contribution >= 0.6 is 11.3 Å². The zero-order valence-corrected chi connectivity index (χ0v) is 19.3. The number of nitrogens with zero attached hydrogens (tertiary/aromatic N) is 2. The fourth-order valence-electron chi connectivity index (χ4n) is 3.68. The number of thiophene rings is 1. The van der Waals surface area contributed by atoms with Crippen LogP contribution in [0.2, 0.25) is 0 Å². The van der Waals surface area contributed by atoms with Gasteiger partial charge in [-0.15, -0.1) is 11.3 Å². The van der Waals surface area contributed by atoms with Crippen molar-refractivity contribution in [3.63, 3.8) is 0 Å². The second-order valence-electron chi connectivity index (χ2n) is 7.86. The van der Waals surface area contributed by atoms with Crippen molar-refractivity contribution >= 4 is 34.0 Å². The molecule has 2 N–H and O–H groups in total. The molecule has 1 amide bonds. The summed E-state index contributed by atoms with van der Waals surface area (Å²) in [6.45, 7) is 0.570. The van der Waals surface area contributed by atoms with Crippen LogP contribution in [0.3, 0.4) is 0 Å². The van der Waals surface area contributed by atoms with Crippen molar-refractivity contribution in [1.29, 1.82) is 0 Å². The number of aromatic nitrogens is 2. The van der Waals surface area contributed by atoms with E-state index in [1.807, 2.05) is 24.3 Å². The van der Waals surface area contributed by atoms with Crippen molar-refractivity contribution in [3.05, 3.63) is 113 Å². The molecule has 0 aliphatic rings. The van der Waals surface area contributed by atoms with Crippen molar-refractivity contribution in [2.75, 3.05) is 5.32 Å². The van der Waals surface area contributed by atoms with Crippen LogP contribution in [0.5, 0.6) is 0 Å². The molecule has 0 aliphatic heterocycles. The van der Waals surface area contributed by atoms with E-state index in [1.54, 1.807) is 35.9 Å². The molecule has 0 unspecified atom stereocenters. The molecule has 8 heteroatoms. The molecule has 3 heterocycles. The van der Waals surface area contributed by atoms with Crippen LogP contribution in [-0.4, -0.2) is 15.9 Å². The quantitative estimate of drug-likeness (QED) is 0.288. The maximum absolute atomic E-state index is 13.4. The van der Waals surface area contributed by atoms with Gasteiger partial charge in [0.25, 0.3) is 5.91 Å². The predicted molar refractivity (Wildman–Crippen MR) is 134 cm³/mol. The number of carbonyl (C=O) groups excluding carboxylic acids is 1. The van der Waals surface area contributed by atoms with Gasteiger partial charge in [0.2, 0.25) is 0 Å². The number of benzene rings is 2. The van der Waals surface area contributed by atoms with E-state index in [0.29, 0.717) is 23.5 Å². The van der Waals surface area contributed by atoms with E-state index >= 15 is 0 Å². The van der Waals surface area contributed by atoms with E-state index in [4.69, 9.17) is 0 Å². The summed E-state index contributed by atoms with van der Waals surface area (Å²) in [5.41, 5.74) is 2.91. The number of fused-ring (bicyclic) bond motifs is 1. The van der Waals surface area contributed by atoms with Crippen LogP contribution in [0.1, 0.15) is 20.8 Å². The number of rotatable bonds is 7. The van der Waals surface area contributed by atoms with E-state index in [-0.39, 0.29) is 12.5 Å². The smallest absolute Gasteiger partial charge is 0.255 e. The zero-order chi connectivity index (χ0) is 24.2. The van der Waals surface area contributed by atoms with E-state index in [1.165, 1.54) is 6.07 Å².